The third kappa shape index (κ3) is 3.90. The Bertz CT molecular complexity index is 901. The predicted molar refractivity (Wildman–Crippen MR) is 88.2 cm³/mol. The molecule has 0 N–H and O–H groups in total. The van der Waals surface area contributed by atoms with Gasteiger partial charge in [0.25, 0.3) is 0 Å². The normalized spacial score (nSPS) is 11.4. The molecule has 0 saturated heterocycles. The van der Waals surface area contributed by atoms with E-state index in [4.69, 9.17) is 0 Å². The Morgan fingerprint density at radius 3 is 2.27 bits per heavy atom. The number of aryl methyl sites for hydroxylation is 1. The number of alkyl halides is 3. The van der Waals surface area contributed by atoms with Crippen LogP contribution in [0.15, 0.2) is 48.5 Å². The summed E-state index contributed by atoms with van der Waals surface area (Å²) in [6, 6.07) is 12.2. The van der Waals surface area contributed by atoms with Gasteiger partial charge in [-0.05, 0) is 24.3 Å². The van der Waals surface area contributed by atoms with Gasteiger partial charge >= 0.3 is 6.36 Å². The zero-order chi connectivity index (χ0) is 18.7. The molecule has 0 aliphatic carbocycles. The quantitative estimate of drug-likeness (QED) is 0.639. The van der Waals surface area contributed by atoms with Crippen molar-refractivity contribution in [3.63, 3.8) is 0 Å². The monoisotopic (exact) mass is 361 g/mol. The summed E-state index contributed by atoms with van der Waals surface area (Å²) in [4.78, 5) is 15.2. The van der Waals surface area contributed by atoms with Gasteiger partial charge in [0.1, 0.15) is 17.9 Å². The van der Waals surface area contributed by atoms with Crippen molar-refractivity contribution in [3.05, 3.63) is 59.9 Å². The summed E-state index contributed by atoms with van der Waals surface area (Å²) in [6.45, 7) is 1.90. The maximum atomic E-state index is 12.3. The summed E-state index contributed by atoms with van der Waals surface area (Å²) in [5, 5.41) is 4.44. The average Bonchev–Trinajstić information content (AvgIpc) is 3.05. The standard InChI is InChI=1S/C18H14F3N3O2/c1-2-16-22-17(13-5-3-12(11-25)4-6-13)23-24(16)14-7-9-15(10-8-14)26-18(19,20)21/h3-11H,2H2,1H3. The van der Waals surface area contributed by atoms with Crippen LogP contribution in [0.2, 0.25) is 0 Å². The number of aromatic nitrogens is 3. The Hall–Kier alpha value is -3.16. The number of carbonyl (C=O) groups excluding carboxylic acids is 1. The summed E-state index contributed by atoms with van der Waals surface area (Å²) >= 11 is 0. The largest absolute Gasteiger partial charge is 0.573 e. The van der Waals surface area contributed by atoms with Gasteiger partial charge in [-0.2, -0.15) is 0 Å². The van der Waals surface area contributed by atoms with Crippen molar-refractivity contribution in [3.8, 4) is 22.8 Å². The molecule has 0 fully saturated rings. The molecule has 1 heterocycles. The molecular formula is C18H14F3N3O2. The van der Waals surface area contributed by atoms with Gasteiger partial charge in [-0.1, -0.05) is 31.2 Å². The molecule has 3 rings (SSSR count). The summed E-state index contributed by atoms with van der Waals surface area (Å²) < 4.78 is 42.2. The van der Waals surface area contributed by atoms with E-state index in [-0.39, 0.29) is 5.75 Å². The van der Waals surface area contributed by atoms with Crippen molar-refractivity contribution in [2.45, 2.75) is 19.7 Å². The number of halogens is 3. The molecule has 1 aromatic heterocycles. The summed E-state index contributed by atoms with van der Waals surface area (Å²) in [6.07, 6.45) is -3.40. The number of carbonyl (C=O) groups is 1. The van der Waals surface area contributed by atoms with E-state index in [1.165, 1.54) is 24.3 Å². The first kappa shape index (κ1) is 17.7. The molecule has 0 saturated carbocycles. The van der Waals surface area contributed by atoms with E-state index in [1.54, 1.807) is 28.9 Å². The number of rotatable bonds is 5. The van der Waals surface area contributed by atoms with E-state index in [9.17, 15) is 18.0 Å². The highest BCUT2D eigenvalue weighted by atomic mass is 19.4. The van der Waals surface area contributed by atoms with Crippen LogP contribution >= 0.6 is 0 Å². The number of hydrogen-bond donors (Lipinski definition) is 0. The van der Waals surface area contributed by atoms with Gasteiger partial charge in [-0.15, -0.1) is 18.3 Å². The molecule has 134 valence electrons. The fraction of sp³-hybridized carbons (Fsp3) is 0.167. The molecule has 0 radical (unpaired) electrons. The van der Waals surface area contributed by atoms with Crippen molar-refractivity contribution >= 4 is 6.29 Å². The van der Waals surface area contributed by atoms with Gasteiger partial charge in [0.15, 0.2) is 5.82 Å². The lowest BCUT2D eigenvalue weighted by Crippen LogP contribution is -2.17. The highest BCUT2D eigenvalue weighted by Gasteiger charge is 2.31. The topological polar surface area (TPSA) is 57.0 Å². The van der Waals surface area contributed by atoms with Crippen molar-refractivity contribution in [1.29, 1.82) is 0 Å². The van der Waals surface area contributed by atoms with Gasteiger partial charge in [-0.25, -0.2) is 9.67 Å². The van der Waals surface area contributed by atoms with Crippen molar-refractivity contribution in [1.82, 2.24) is 14.8 Å². The molecule has 0 unspecified atom stereocenters. The van der Waals surface area contributed by atoms with Crippen molar-refractivity contribution < 1.29 is 22.7 Å². The number of benzene rings is 2. The molecule has 0 atom stereocenters. The van der Waals surface area contributed by atoms with E-state index in [1.807, 2.05) is 6.92 Å². The highest BCUT2D eigenvalue weighted by molar-refractivity contribution is 5.76. The Balaban J connectivity index is 1.92. The van der Waals surface area contributed by atoms with Crippen LogP contribution in [0, 0.1) is 0 Å². The molecule has 8 heteroatoms. The predicted octanol–water partition coefficient (Wildman–Crippen LogP) is 4.21. The van der Waals surface area contributed by atoms with E-state index < -0.39 is 6.36 Å². The van der Waals surface area contributed by atoms with E-state index in [2.05, 4.69) is 14.8 Å². The lowest BCUT2D eigenvalue weighted by molar-refractivity contribution is -0.274. The third-order valence-corrected chi connectivity index (χ3v) is 3.61. The zero-order valence-corrected chi connectivity index (χ0v) is 13.7. The smallest absolute Gasteiger partial charge is 0.406 e. The van der Waals surface area contributed by atoms with Crippen LogP contribution in [-0.4, -0.2) is 27.4 Å². The van der Waals surface area contributed by atoms with Crippen LogP contribution < -0.4 is 4.74 Å². The Kier molecular flexibility index (Phi) is 4.75. The fourth-order valence-electron chi connectivity index (χ4n) is 2.40. The Morgan fingerprint density at radius 2 is 1.73 bits per heavy atom. The Labute approximate surface area is 147 Å². The first-order valence-electron chi connectivity index (χ1n) is 7.77. The number of hydrogen-bond acceptors (Lipinski definition) is 4. The zero-order valence-electron chi connectivity index (χ0n) is 13.7. The van der Waals surface area contributed by atoms with Crippen molar-refractivity contribution in [2.75, 3.05) is 0 Å². The number of aldehydes is 1. The van der Waals surface area contributed by atoms with Gasteiger partial charge in [-0.3, -0.25) is 4.79 Å². The third-order valence-electron chi connectivity index (χ3n) is 3.61. The van der Waals surface area contributed by atoms with E-state index in [0.29, 0.717) is 29.3 Å². The van der Waals surface area contributed by atoms with Crippen molar-refractivity contribution in [2.24, 2.45) is 0 Å². The average molecular weight is 361 g/mol. The molecule has 3 aromatic rings. The van der Waals surface area contributed by atoms with Gasteiger partial charge in [0.2, 0.25) is 0 Å². The van der Waals surface area contributed by atoms with Crippen LogP contribution in [0.4, 0.5) is 13.2 Å². The maximum absolute atomic E-state index is 12.3. The summed E-state index contributed by atoms with van der Waals surface area (Å²) in [7, 11) is 0. The minimum absolute atomic E-state index is 0.302. The number of ether oxygens (including phenoxy) is 1. The van der Waals surface area contributed by atoms with E-state index in [0.717, 1.165) is 11.8 Å². The van der Waals surface area contributed by atoms with Crippen LogP contribution in [0.3, 0.4) is 0 Å². The lowest BCUT2D eigenvalue weighted by Gasteiger charge is -2.09. The molecule has 26 heavy (non-hydrogen) atoms. The van der Waals surface area contributed by atoms with Gasteiger partial charge in [0, 0.05) is 17.5 Å². The molecule has 0 spiro atoms. The molecule has 0 amide bonds. The summed E-state index contributed by atoms with van der Waals surface area (Å²) in [5.74, 6) is 0.822. The maximum Gasteiger partial charge on any atom is 0.573 e. The van der Waals surface area contributed by atoms with Gasteiger partial charge in [0.05, 0.1) is 5.69 Å². The second kappa shape index (κ2) is 6.99. The molecule has 2 aromatic carbocycles. The SMILES string of the molecule is CCc1nc(-c2ccc(C=O)cc2)nn1-c1ccc(OC(F)(F)F)cc1. The molecular weight excluding hydrogens is 347 g/mol. The fourth-order valence-corrected chi connectivity index (χ4v) is 2.40. The molecule has 0 aliphatic heterocycles. The molecule has 0 aliphatic rings. The minimum atomic E-state index is -4.73. The van der Waals surface area contributed by atoms with Crippen LogP contribution in [0.1, 0.15) is 23.1 Å². The van der Waals surface area contributed by atoms with Crippen LogP contribution in [-0.2, 0) is 6.42 Å². The highest BCUT2D eigenvalue weighted by Crippen LogP contribution is 2.25. The van der Waals surface area contributed by atoms with Gasteiger partial charge < -0.3 is 4.74 Å². The minimum Gasteiger partial charge on any atom is -0.406 e. The first-order valence-corrected chi connectivity index (χ1v) is 7.77. The Morgan fingerprint density at radius 1 is 1.08 bits per heavy atom. The second-order valence-electron chi connectivity index (χ2n) is 5.40. The molecule has 0 bridgehead atoms. The second-order valence-corrected chi connectivity index (χ2v) is 5.40. The molecule has 5 nitrogen and oxygen atoms in total. The van der Waals surface area contributed by atoms with Crippen LogP contribution in [0.25, 0.3) is 17.1 Å². The van der Waals surface area contributed by atoms with E-state index >= 15 is 0 Å². The number of nitrogens with zero attached hydrogens (tertiary/aromatic N) is 3. The summed E-state index contributed by atoms with van der Waals surface area (Å²) in [5.41, 5.74) is 1.85. The first-order chi connectivity index (χ1) is 12.4. The lowest BCUT2D eigenvalue weighted by atomic mass is 10.1. The van der Waals surface area contributed by atoms with Crippen LogP contribution in [0.5, 0.6) is 5.75 Å².